The van der Waals surface area contributed by atoms with E-state index in [1.54, 1.807) is 11.8 Å². The number of ketones is 1. The molecule has 2 fully saturated rings. The smallest absolute Gasteiger partial charge is 0.236 e. The summed E-state index contributed by atoms with van der Waals surface area (Å²) in [4.78, 5) is 29.1. The van der Waals surface area contributed by atoms with Crippen LogP contribution in [0.5, 0.6) is 0 Å². The van der Waals surface area contributed by atoms with Crippen LogP contribution in [-0.4, -0.2) is 63.0 Å². The number of likely N-dealkylation sites (tertiary alicyclic amines) is 1. The number of carbonyl (C=O) groups is 2. The fraction of sp³-hybridized carbons (Fsp3) is 0.545. The third-order valence-corrected chi connectivity index (χ3v) is 9.11. The molecule has 7 heteroatoms. The van der Waals surface area contributed by atoms with Crippen molar-refractivity contribution >= 4 is 35.2 Å². The van der Waals surface area contributed by atoms with Gasteiger partial charge in [0.25, 0.3) is 0 Å². The van der Waals surface area contributed by atoms with Crippen molar-refractivity contribution in [2.24, 2.45) is 5.92 Å². The molecular weight excluding hydrogens is 404 g/mol. The van der Waals surface area contributed by atoms with Gasteiger partial charge in [-0.25, -0.2) is 0 Å². The first kappa shape index (κ1) is 21.0. The van der Waals surface area contributed by atoms with Crippen molar-refractivity contribution in [2.45, 2.75) is 50.3 Å². The number of aryl methyl sites for hydroxylation is 1. The van der Waals surface area contributed by atoms with Crippen LogP contribution < -0.4 is 0 Å². The largest absolute Gasteiger partial charge is 0.392 e. The predicted molar refractivity (Wildman–Crippen MR) is 119 cm³/mol. The van der Waals surface area contributed by atoms with E-state index in [4.69, 9.17) is 0 Å². The van der Waals surface area contributed by atoms with E-state index in [-0.39, 0.29) is 23.0 Å². The summed E-state index contributed by atoms with van der Waals surface area (Å²) < 4.78 is 1.20. The summed E-state index contributed by atoms with van der Waals surface area (Å²) in [5, 5.41) is 10.6. The minimum absolute atomic E-state index is 0.0561. The molecule has 0 bridgehead atoms. The van der Waals surface area contributed by atoms with Gasteiger partial charge in [0.15, 0.2) is 5.78 Å². The van der Waals surface area contributed by atoms with Gasteiger partial charge in [0.05, 0.1) is 22.8 Å². The number of Topliss-reactive ketones (excluding diaryl/α,β-unsaturated/α-hetero) is 1. The first-order valence-corrected chi connectivity index (χ1v) is 12.0. The standard InChI is InChI=1S/C22H28N2O3S2/c1-4-17(25)19-20(27)24-14(3)22(29-21(19)24)28-16-9-10-23(11-16)12-18(26)15-7-5-13(2)6-8-15/h5-8,16-17,19,21,25H,4,9-12H2,1-3H3/t16-,17-,19+,21+/m0/s1. The van der Waals surface area contributed by atoms with Crippen LogP contribution in [0, 0.1) is 12.8 Å². The zero-order chi connectivity index (χ0) is 20.7. The highest BCUT2D eigenvalue weighted by Gasteiger charge is 2.55. The molecule has 1 aromatic rings. The van der Waals surface area contributed by atoms with Crippen molar-refractivity contribution in [1.82, 2.24) is 9.80 Å². The number of hydrogen-bond acceptors (Lipinski definition) is 6. The van der Waals surface area contributed by atoms with Crippen LogP contribution in [0.2, 0.25) is 0 Å². The molecule has 0 saturated carbocycles. The van der Waals surface area contributed by atoms with Crippen molar-refractivity contribution in [2.75, 3.05) is 19.6 Å². The Balaban J connectivity index is 1.31. The van der Waals surface area contributed by atoms with Gasteiger partial charge < -0.3 is 10.0 Å². The summed E-state index contributed by atoms with van der Waals surface area (Å²) in [7, 11) is 0. The number of fused-ring (bicyclic) bond motifs is 1. The van der Waals surface area contributed by atoms with Gasteiger partial charge in [0.1, 0.15) is 5.37 Å². The van der Waals surface area contributed by atoms with Gasteiger partial charge in [-0.2, -0.15) is 0 Å². The maximum absolute atomic E-state index is 12.5. The minimum Gasteiger partial charge on any atom is -0.392 e. The van der Waals surface area contributed by atoms with Crippen molar-refractivity contribution in [3.63, 3.8) is 0 Å². The third-order valence-electron chi connectivity index (χ3n) is 6.05. The summed E-state index contributed by atoms with van der Waals surface area (Å²) in [5.41, 5.74) is 2.97. The van der Waals surface area contributed by atoms with Crippen LogP contribution in [-0.2, 0) is 4.79 Å². The molecule has 0 unspecified atom stereocenters. The van der Waals surface area contributed by atoms with Gasteiger partial charge in [-0.1, -0.05) is 48.5 Å². The average molecular weight is 433 g/mol. The van der Waals surface area contributed by atoms with Gasteiger partial charge in [-0.05, 0) is 33.2 Å². The number of aliphatic hydroxyl groups is 1. The molecule has 1 aromatic carbocycles. The molecule has 4 rings (SSSR count). The number of allylic oxidation sites excluding steroid dienone is 1. The second kappa shape index (κ2) is 8.46. The fourth-order valence-electron chi connectivity index (χ4n) is 4.21. The summed E-state index contributed by atoms with van der Waals surface area (Å²) in [6.07, 6.45) is 1.10. The minimum atomic E-state index is -0.553. The summed E-state index contributed by atoms with van der Waals surface area (Å²) in [5.74, 6) is -0.0422. The number of β-lactam (4-membered cyclic amide) rings is 1. The Morgan fingerprint density at radius 2 is 2.03 bits per heavy atom. The molecular formula is C22H28N2O3S2. The van der Waals surface area contributed by atoms with E-state index >= 15 is 0 Å². The number of rotatable bonds is 7. The number of hydrogen-bond donors (Lipinski definition) is 1. The van der Waals surface area contributed by atoms with E-state index in [2.05, 4.69) is 4.90 Å². The van der Waals surface area contributed by atoms with Gasteiger partial charge in [0.2, 0.25) is 5.91 Å². The van der Waals surface area contributed by atoms with Crippen molar-refractivity contribution < 1.29 is 14.7 Å². The number of benzene rings is 1. The SMILES string of the molecule is CC[C@H](O)[C@@H]1C(=O)N2C(C)=C(S[C@H]3CCN(CC(=O)c4ccc(C)cc4)C3)S[C@H]12. The molecule has 3 aliphatic heterocycles. The Morgan fingerprint density at radius 3 is 2.72 bits per heavy atom. The summed E-state index contributed by atoms with van der Waals surface area (Å²) >= 11 is 3.56. The quantitative estimate of drug-likeness (QED) is 0.526. The zero-order valence-electron chi connectivity index (χ0n) is 17.1. The Morgan fingerprint density at radius 1 is 1.31 bits per heavy atom. The van der Waals surface area contributed by atoms with E-state index in [1.807, 2.05) is 61.7 Å². The lowest BCUT2D eigenvalue weighted by Gasteiger charge is -2.44. The van der Waals surface area contributed by atoms with E-state index < -0.39 is 6.10 Å². The molecule has 1 N–H and O–H groups in total. The number of thioether (sulfide) groups is 2. The normalized spacial score (nSPS) is 27.9. The first-order chi connectivity index (χ1) is 13.9. The molecule has 0 aromatic heterocycles. The first-order valence-electron chi connectivity index (χ1n) is 10.3. The molecule has 156 valence electrons. The summed E-state index contributed by atoms with van der Waals surface area (Å²) in [6, 6.07) is 7.78. The molecule has 0 radical (unpaired) electrons. The maximum atomic E-state index is 12.5. The van der Waals surface area contributed by atoms with Crippen LogP contribution in [0.3, 0.4) is 0 Å². The van der Waals surface area contributed by atoms with Crippen LogP contribution in [0.25, 0.3) is 0 Å². The molecule has 1 amide bonds. The van der Waals surface area contributed by atoms with Gasteiger partial charge >= 0.3 is 0 Å². The van der Waals surface area contributed by atoms with Crippen molar-refractivity contribution in [3.05, 3.63) is 45.3 Å². The molecule has 0 spiro atoms. The Bertz CT molecular complexity index is 839. The van der Waals surface area contributed by atoms with Gasteiger partial charge in [0, 0.05) is 23.1 Å². The summed E-state index contributed by atoms with van der Waals surface area (Å²) in [6.45, 7) is 8.23. The van der Waals surface area contributed by atoms with Crippen LogP contribution in [0.1, 0.15) is 42.6 Å². The molecule has 29 heavy (non-hydrogen) atoms. The molecule has 3 aliphatic rings. The lowest BCUT2D eigenvalue weighted by atomic mass is 9.90. The van der Waals surface area contributed by atoms with E-state index in [1.165, 1.54) is 4.24 Å². The van der Waals surface area contributed by atoms with Crippen molar-refractivity contribution in [1.29, 1.82) is 0 Å². The molecule has 2 saturated heterocycles. The van der Waals surface area contributed by atoms with E-state index in [0.717, 1.165) is 36.3 Å². The lowest BCUT2D eigenvalue weighted by Crippen LogP contribution is -2.60. The number of aliphatic hydroxyl groups excluding tert-OH is 1. The number of amides is 1. The predicted octanol–water partition coefficient (Wildman–Crippen LogP) is 3.48. The highest BCUT2D eigenvalue weighted by molar-refractivity contribution is 8.23. The topological polar surface area (TPSA) is 60.9 Å². The number of carbonyl (C=O) groups excluding carboxylic acids is 2. The van der Waals surface area contributed by atoms with E-state index in [9.17, 15) is 14.7 Å². The van der Waals surface area contributed by atoms with Gasteiger partial charge in [-0.15, -0.1) is 11.8 Å². The fourth-order valence-corrected chi connectivity index (χ4v) is 7.51. The van der Waals surface area contributed by atoms with Gasteiger partial charge in [-0.3, -0.25) is 14.5 Å². The monoisotopic (exact) mass is 432 g/mol. The average Bonchev–Trinajstić information content (AvgIpc) is 3.24. The Labute approximate surface area is 180 Å². The lowest BCUT2D eigenvalue weighted by molar-refractivity contribution is -0.153. The maximum Gasteiger partial charge on any atom is 0.236 e. The second-order valence-electron chi connectivity index (χ2n) is 8.14. The molecule has 3 heterocycles. The molecule has 4 atom stereocenters. The molecule has 0 aliphatic carbocycles. The van der Waals surface area contributed by atoms with Crippen molar-refractivity contribution in [3.8, 4) is 0 Å². The third kappa shape index (κ3) is 4.02. The van der Waals surface area contributed by atoms with E-state index in [0.29, 0.717) is 18.2 Å². The van der Waals surface area contributed by atoms with Crippen LogP contribution in [0.4, 0.5) is 0 Å². The highest BCUT2D eigenvalue weighted by atomic mass is 32.2. The Kier molecular flexibility index (Phi) is 6.11. The zero-order valence-corrected chi connectivity index (χ0v) is 18.8. The molecule has 5 nitrogen and oxygen atoms in total. The number of nitrogens with zero attached hydrogens (tertiary/aromatic N) is 2. The van der Waals surface area contributed by atoms with Crippen LogP contribution in [0.15, 0.2) is 34.2 Å². The second-order valence-corrected chi connectivity index (χ2v) is 10.8. The Hall–Kier alpha value is -1.28. The highest BCUT2D eigenvalue weighted by Crippen LogP contribution is 2.55. The van der Waals surface area contributed by atoms with Crippen LogP contribution >= 0.6 is 23.5 Å².